The van der Waals surface area contributed by atoms with E-state index < -0.39 is 0 Å². The molecule has 0 atom stereocenters. The van der Waals surface area contributed by atoms with E-state index in [1.165, 1.54) is 39.3 Å². The summed E-state index contributed by atoms with van der Waals surface area (Å²) in [5.41, 5.74) is 0. The van der Waals surface area contributed by atoms with E-state index in [9.17, 15) is 0 Å². The van der Waals surface area contributed by atoms with Gasteiger partial charge < -0.3 is 9.80 Å². The van der Waals surface area contributed by atoms with E-state index >= 15 is 0 Å². The third-order valence-electron chi connectivity index (χ3n) is 2.71. The second kappa shape index (κ2) is 9.00. The molecule has 1 fully saturated rings. The molecule has 0 aromatic carbocycles. The predicted octanol–water partition coefficient (Wildman–Crippen LogP) is 2.94. The summed E-state index contributed by atoms with van der Waals surface area (Å²) in [5.74, 6) is 1.62. The molecule has 1 aliphatic heterocycles. The molecule has 0 unspecified atom stereocenters. The van der Waals surface area contributed by atoms with Crippen molar-refractivity contribution in [1.82, 2.24) is 9.80 Å². The van der Waals surface area contributed by atoms with Crippen LogP contribution in [-0.4, -0.2) is 49.1 Å². The fraction of sp³-hybridized carbons (Fsp3) is 1.00. The van der Waals surface area contributed by atoms with Crippen molar-refractivity contribution >= 4 is 0 Å². The molecule has 1 aliphatic rings. The van der Waals surface area contributed by atoms with Gasteiger partial charge in [0.2, 0.25) is 0 Å². The SMILES string of the molecule is CC.CC(C)CN1CCN(CC(C)C)CC1. The minimum absolute atomic E-state index is 0.812. The van der Waals surface area contributed by atoms with Crippen LogP contribution in [0.25, 0.3) is 0 Å². The van der Waals surface area contributed by atoms with E-state index in [1.807, 2.05) is 13.8 Å². The molecular weight excluding hydrogens is 196 g/mol. The summed E-state index contributed by atoms with van der Waals surface area (Å²) in [4.78, 5) is 5.20. The minimum atomic E-state index is 0.812. The Balaban J connectivity index is 0.00000106. The van der Waals surface area contributed by atoms with Crippen LogP contribution in [0.2, 0.25) is 0 Å². The molecular formula is C14H32N2. The topological polar surface area (TPSA) is 6.48 Å². The van der Waals surface area contributed by atoms with Gasteiger partial charge in [-0.2, -0.15) is 0 Å². The van der Waals surface area contributed by atoms with Crippen molar-refractivity contribution in [2.24, 2.45) is 11.8 Å². The average Bonchev–Trinajstić information content (AvgIpc) is 2.22. The summed E-state index contributed by atoms with van der Waals surface area (Å²) in [5, 5.41) is 0. The van der Waals surface area contributed by atoms with Crippen LogP contribution in [-0.2, 0) is 0 Å². The molecule has 0 amide bonds. The zero-order valence-electron chi connectivity index (χ0n) is 12.3. The van der Waals surface area contributed by atoms with Gasteiger partial charge in [-0.25, -0.2) is 0 Å². The van der Waals surface area contributed by atoms with Crippen LogP contribution >= 0.6 is 0 Å². The Morgan fingerprint density at radius 1 is 0.688 bits per heavy atom. The van der Waals surface area contributed by atoms with Gasteiger partial charge in [-0.3, -0.25) is 0 Å². The average molecular weight is 228 g/mol. The van der Waals surface area contributed by atoms with Crippen molar-refractivity contribution in [1.29, 1.82) is 0 Å². The smallest absolute Gasteiger partial charge is 0.0110 e. The van der Waals surface area contributed by atoms with Crippen LogP contribution in [0.4, 0.5) is 0 Å². The van der Waals surface area contributed by atoms with Crippen molar-refractivity contribution in [3.05, 3.63) is 0 Å². The highest BCUT2D eigenvalue weighted by Gasteiger charge is 2.17. The highest BCUT2D eigenvalue weighted by Crippen LogP contribution is 2.07. The molecule has 1 saturated heterocycles. The third-order valence-corrected chi connectivity index (χ3v) is 2.71. The van der Waals surface area contributed by atoms with Gasteiger partial charge in [0.1, 0.15) is 0 Å². The highest BCUT2D eigenvalue weighted by atomic mass is 15.3. The summed E-state index contributed by atoms with van der Waals surface area (Å²) >= 11 is 0. The predicted molar refractivity (Wildman–Crippen MR) is 73.9 cm³/mol. The summed E-state index contributed by atoms with van der Waals surface area (Å²) < 4.78 is 0. The Morgan fingerprint density at radius 2 is 0.938 bits per heavy atom. The fourth-order valence-electron chi connectivity index (χ4n) is 2.19. The molecule has 0 N–H and O–H groups in total. The Bertz CT molecular complexity index is 129. The first-order valence-corrected chi connectivity index (χ1v) is 7.02. The standard InChI is InChI=1S/C12H26N2.C2H6/c1-11(2)9-13-5-7-14(8-6-13)10-12(3)4;1-2/h11-12H,5-10H2,1-4H3;1-2H3. The number of nitrogens with zero attached hydrogens (tertiary/aromatic N) is 2. The molecule has 0 saturated carbocycles. The number of hydrogen-bond donors (Lipinski definition) is 0. The molecule has 0 aromatic heterocycles. The number of hydrogen-bond acceptors (Lipinski definition) is 2. The monoisotopic (exact) mass is 228 g/mol. The lowest BCUT2D eigenvalue weighted by atomic mass is 10.1. The molecule has 1 heterocycles. The minimum Gasteiger partial charge on any atom is -0.301 e. The highest BCUT2D eigenvalue weighted by molar-refractivity contribution is 4.73. The molecule has 16 heavy (non-hydrogen) atoms. The summed E-state index contributed by atoms with van der Waals surface area (Å²) in [6, 6.07) is 0. The lowest BCUT2D eigenvalue weighted by molar-refractivity contribution is 0.113. The number of rotatable bonds is 4. The maximum atomic E-state index is 2.60. The normalized spacial score (nSPS) is 18.8. The van der Waals surface area contributed by atoms with Gasteiger partial charge >= 0.3 is 0 Å². The van der Waals surface area contributed by atoms with E-state index in [-0.39, 0.29) is 0 Å². The molecule has 2 heteroatoms. The molecule has 0 spiro atoms. The molecule has 0 bridgehead atoms. The summed E-state index contributed by atoms with van der Waals surface area (Å²) in [6.07, 6.45) is 0. The second-order valence-corrected chi connectivity index (χ2v) is 5.39. The van der Waals surface area contributed by atoms with E-state index in [1.54, 1.807) is 0 Å². The lowest BCUT2D eigenvalue weighted by Gasteiger charge is -2.36. The lowest BCUT2D eigenvalue weighted by Crippen LogP contribution is -2.48. The quantitative estimate of drug-likeness (QED) is 0.730. The zero-order valence-corrected chi connectivity index (χ0v) is 12.3. The molecule has 0 aromatic rings. The van der Waals surface area contributed by atoms with Gasteiger partial charge in [0.15, 0.2) is 0 Å². The Hall–Kier alpha value is -0.0800. The van der Waals surface area contributed by atoms with Gasteiger partial charge in [-0.15, -0.1) is 0 Å². The van der Waals surface area contributed by atoms with Crippen molar-refractivity contribution < 1.29 is 0 Å². The van der Waals surface area contributed by atoms with Crippen LogP contribution < -0.4 is 0 Å². The van der Waals surface area contributed by atoms with Gasteiger partial charge in [-0.05, 0) is 11.8 Å². The summed E-state index contributed by atoms with van der Waals surface area (Å²) in [6.45, 7) is 20.8. The Labute approximate surface area is 103 Å². The first kappa shape index (κ1) is 15.9. The van der Waals surface area contributed by atoms with Crippen molar-refractivity contribution in [3.8, 4) is 0 Å². The fourth-order valence-corrected chi connectivity index (χ4v) is 2.19. The second-order valence-electron chi connectivity index (χ2n) is 5.39. The molecule has 2 nitrogen and oxygen atoms in total. The van der Waals surface area contributed by atoms with E-state index in [2.05, 4.69) is 37.5 Å². The van der Waals surface area contributed by atoms with Crippen molar-refractivity contribution in [3.63, 3.8) is 0 Å². The van der Waals surface area contributed by atoms with Crippen molar-refractivity contribution in [2.45, 2.75) is 41.5 Å². The molecule has 0 radical (unpaired) electrons. The molecule has 0 aliphatic carbocycles. The molecule has 1 rings (SSSR count). The first-order valence-electron chi connectivity index (χ1n) is 7.02. The van der Waals surface area contributed by atoms with E-state index in [0.717, 1.165) is 11.8 Å². The third kappa shape index (κ3) is 7.24. The van der Waals surface area contributed by atoms with Gasteiger partial charge in [0.05, 0.1) is 0 Å². The van der Waals surface area contributed by atoms with Crippen LogP contribution in [0, 0.1) is 11.8 Å². The summed E-state index contributed by atoms with van der Waals surface area (Å²) in [7, 11) is 0. The van der Waals surface area contributed by atoms with Crippen LogP contribution in [0.5, 0.6) is 0 Å². The van der Waals surface area contributed by atoms with Gasteiger partial charge in [0.25, 0.3) is 0 Å². The largest absolute Gasteiger partial charge is 0.301 e. The Kier molecular flexibility index (Phi) is 8.96. The maximum Gasteiger partial charge on any atom is 0.0110 e. The van der Waals surface area contributed by atoms with Gasteiger partial charge in [-0.1, -0.05) is 41.5 Å². The maximum absolute atomic E-state index is 2.60. The van der Waals surface area contributed by atoms with Crippen LogP contribution in [0.1, 0.15) is 41.5 Å². The zero-order chi connectivity index (χ0) is 12.6. The van der Waals surface area contributed by atoms with Crippen LogP contribution in [0.3, 0.4) is 0 Å². The van der Waals surface area contributed by atoms with E-state index in [0.29, 0.717) is 0 Å². The number of piperazine rings is 1. The van der Waals surface area contributed by atoms with E-state index in [4.69, 9.17) is 0 Å². The molecule has 98 valence electrons. The Morgan fingerprint density at radius 3 is 1.12 bits per heavy atom. The van der Waals surface area contributed by atoms with Crippen LogP contribution in [0.15, 0.2) is 0 Å². The first-order chi connectivity index (χ1) is 7.58. The van der Waals surface area contributed by atoms with Gasteiger partial charge in [0, 0.05) is 39.3 Å². The van der Waals surface area contributed by atoms with Crippen molar-refractivity contribution in [2.75, 3.05) is 39.3 Å².